The summed E-state index contributed by atoms with van der Waals surface area (Å²) in [5.74, 6) is 0.699. The summed E-state index contributed by atoms with van der Waals surface area (Å²) >= 11 is 0. The summed E-state index contributed by atoms with van der Waals surface area (Å²) in [6.45, 7) is 7.81. The van der Waals surface area contributed by atoms with Crippen molar-refractivity contribution in [2.45, 2.75) is 32.7 Å². The van der Waals surface area contributed by atoms with Gasteiger partial charge in [0.2, 0.25) is 0 Å². The van der Waals surface area contributed by atoms with Crippen LogP contribution in [0.4, 0.5) is 0 Å². The third-order valence-electron chi connectivity index (χ3n) is 5.56. The van der Waals surface area contributed by atoms with E-state index in [4.69, 9.17) is 0 Å². The monoisotopic (exact) mass is 353 g/mol. The van der Waals surface area contributed by atoms with E-state index in [0.29, 0.717) is 12.0 Å². The number of amides is 1. The highest BCUT2D eigenvalue weighted by molar-refractivity contribution is 5.94. The van der Waals surface area contributed by atoms with Crippen LogP contribution in [0.1, 0.15) is 42.6 Å². The highest BCUT2D eigenvalue weighted by Crippen LogP contribution is 2.27. The van der Waals surface area contributed by atoms with Gasteiger partial charge in [-0.3, -0.25) is 4.79 Å². The Morgan fingerprint density at radius 1 is 1.12 bits per heavy atom. The Hall–Kier alpha value is -2.07. The van der Waals surface area contributed by atoms with Crippen molar-refractivity contribution in [2.24, 2.45) is 5.92 Å². The van der Waals surface area contributed by atoms with Gasteiger partial charge in [-0.2, -0.15) is 0 Å². The van der Waals surface area contributed by atoms with Crippen LogP contribution in [-0.4, -0.2) is 55.5 Å². The molecule has 0 aromatic heterocycles. The van der Waals surface area contributed by atoms with E-state index < -0.39 is 0 Å². The van der Waals surface area contributed by atoms with Crippen molar-refractivity contribution in [1.29, 1.82) is 0 Å². The molecule has 2 aliphatic rings. The zero-order valence-electron chi connectivity index (χ0n) is 16.5. The highest BCUT2D eigenvalue weighted by Gasteiger charge is 2.24. The van der Waals surface area contributed by atoms with E-state index in [9.17, 15) is 4.79 Å². The number of carbonyl (C=O) groups excluding carboxylic acids is 1. The van der Waals surface area contributed by atoms with Crippen LogP contribution in [0.15, 0.2) is 42.1 Å². The van der Waals surface area contributed by atoms with Gasteiger partial charge < -0.3 is 15.1 Å². The summed E-state index contributed by atoms with van der Waals surface area (Å²) in [5, 5.41) is 3.64. The summed E-state index contributed by atoms with van der Waals surface area (Å²) in [7, 11) is 3.56. The number of hydrogen-bond donors (Lipinski definition) is 1. The average Bonchev–Trinajstić information content (AvgIpc) is 2.67. The fraction of sp³-hybridized carbons (Fsp3) is 0.500. The quantitative estimate of drug-likeness (QED) is 0.901. The Bertz CT molecular complexity index is 693. The second kappa shape index (κ2) is 8.09. The molecule has 1 saturated heterocycles. The molecular formula is C22H31N3O. The van der Waals surface area contributed by atoms with Gasteiger partial charge in [0, 0.05) is 43.9 Å². The molecule has 1 aromatic rings. The van der Waals surface area contributed by atoms with Crippen LogP contribution < -0.4 is 5.32 Å². The van der Waals surface area contributed by atoms with Gasteiger partial charge in [0.1, 0.15) is 0 Å². The van der Waals surface area contributed by atoms with Crippen molar-refractivity contribution in [2.75, 3.05) is 33.7 Å². The van der Waals surface area contributed by atoms with Gasteiger partial charge >= 0.3 is 0 Å². The molecule has 3 rings (SSSR count). The highest BCUT2D eigenvalue weighted by atomic mass is 16.2. The molecule has 0 spiro atoms. The lowest BCUT2D eigenvalue weighted by atomic mass is 9.90. The number of piperidine rings is 1. The number of nitrogens with one attached hydrogen (secondary N) is 1. The number of rotatable bonds is 4. The van der Waals surface area contributed by atoms with E-state index in [1.54, 1.807) is 19.0 Å². The minimum atomic E-state index is 0.0437. The molecule has 0 atom stereocenters. The molecule has 1 N–H and O–H groups in total. The normalized spacial score (nSPS) is 19.0. The molecule has 4 heteroatoms. The summed E-state index contributed by atoms with van der Waals surface area (Å²) in [6, 6.07) is 8.57. The Balaban J connectivity index is 1.64. The van der Waals surface area contributed by atoms with E-state index in [0.717, 1.165) is 12.1 Å². The first-order valence-electron chi connectivity index (χ1n) is 9.66. The number of allylic oxidation sites excluding steroid dienone is 3. The number of benzene rings is 1. The first-order valence-corrected chi connectivity index (χ1v) is 9.66. The van der Waals surface area contributed by atoms with E-state index in [-0.39, 0.29) is 5.91 Å². The Kier molecular flexibility index (Phi) is 5.82. The van der Waals surface area contributed by atoms with E-state index in [2.05, 4.69) is 36.2 Å². The van der Waals surface area contributed by atoms with E-state index in [1.807, 2.05) is 24.3 Å². The van der Waals surface area contributed by atoms with Crippen molar-refractivity contribution >= 4 is 11.5 Å². The molecule has 0 saturated carbocycles. The van der Waals surface area contributed by atoms with Crippen LogP contribution >= 0.6 is 0 Å². The molecular weight excluding hydrogens is 322 g/mol. The number of likely N-dealkylation sites (tertiary alicyclic amines) is 1. The largest absolute Gasteiger partial charge is 0.384 e. The predicted molar refractivity (Wildman–Crippen MR) is 108 cm³/mol. The predicted octanol–water partition coefficient (Wildman–Crippen LogP) is 3.38. The zero-order valence-corrected chi connectivity index (χ0v) is 16.5. The fourth-order valence-electron chi connectivity index (χ4n) is 3.80. The number of nitrogens with zero attached hydrogens (tertiary/aromatic N) is 2. The second-order valence-electron chi connectivity index (χ2n) is 7.85. The van der Waals surface area contributed by atoms with E-state index >= 15 is 0 Å². The molecule has 2 heterocycles. The first kappa shape index (κ1) is 18.7. The smallest absolute Gasteiger partial charge is 0.253 e. The lowest BCUT2D eigenvalue weighted by molar-refractivity contribution is 0.0827. The number of carbonyl (C=O) groups is 1. The minimum absolute atomic E-state index is 0.0437. The van der Waals surface area contributed by atoms with Crippen LogP contribution in [0.5, 0.6) is 0 Å². The third kappa shape index (κ3) is 4.18. The molecule has 0 radical (unpaired) electrons. The van der Waals surface area contributed by atoms with Gasteiger partial charge in [-0.25, -0.2) is 0 Å². The van der Waals surface area contributed by atoms with Crippen molar-refractivity contribution in [3.8, 4) is 0 Å². The van der Waals surface area contributed by atoms with Crippen molar-refractivity contribution in [3.05, 3.63) is 53.2 Å². The molecule has 1 fully saturated rings. The molecule has 26 heavy (non-hydrogen) atoms. The van der Waals surface area contributed by atoms with Crippen molar-refractivity contribution in [3.63, 3.8) is 0 Å². The van der Waals surface area contributed by atoms with Crippen LogP contribution in [0, 0.1) is 5.92 Å². The van der Waals surface area contributed by atoms with Gasteiger partial charge in [-0.05, 0) is 69.1 Å². The van der Waals surface area contributed by atoms with Gasteiger partial charge in [0.25, 0.3) is 5.91 Å². The molecule has 0 bridgehead atoms. The van der Waals surface area contributed by atoms with Gasteiger partial charge in [-0.15, -0.1) is 0 Å². The molecule has 0 aliphatic carbocycles. The van der Waals surface area contributed by atoms with Crippen LogP contribution in [0.2, 0.25) is 0 Å². The maximum Gasteiger partial charge on any atom is 0.253 e. The standard InChI is InChI=1S/C22H31N3O/c1-16(2)25-13-11-18(12-14-25)21-10-9-20(15-23-21)17-5-7-19(8-6-17)22(26)24(3)4/h5-10,16,18,23H,11-15H2,1-4H3. The Morgan fingerprint density at radius 2 is 1.77 bits per heavy atom. The number of hydrogen-bond acceptors (Lipinski definition) is 3. The topological polar surface area (TPSA) is 35.6 Å². The lowest BCUT2D eigenvalue weighted by Gasteiger charge is -2.36. The fourth-order valence-corrected chi connectivity index (χ4v) is 3.80. The molecule has 1 aromatic carbocycles. The SMILES string of the molecule is CC(C)N1CCC(C2=CC=C(c3ccc(C(=O)N(C)C)cc3)CN2)CC1. The van der Waals surface area contributed by atoms with Crippen LogP contribution in [0.25, 0.3) is 5.57 Å². The second-order valence-corrected chi connectivity index (χ2v) is 7.85. The first-order chi connectivity index (χ1) is 12.5. The maximum atomic E-state index is 12.0. The van der Waals surface area contributed by atoms with Crippen LogP contribution in [0.3, 0.4) is 0 Å². The summed E-state index contributed by atoms with van der Waals surface area (Å²) in [6.07, 6.45) is 6.97. The summed E-state index contributed by atoms with van der Waals surface area (Å²) < 4.78 is 0. The molecule has 4 nitrogen and oxygen atoms in total. The molecule has 1 amide bonds. The molecule has 140 valence electrons. The Labute approximate surface area is 157 Å². The van der Waals surface area contributed by atoms with Gasteiger partial charge in [-0.1, -0.05) is 18.2 Å². The third-order valence-corrected chi connectivity index (χ3v) is 5.56. The van der Waals surface area contributed by atoms with Gasteiger partial charge in [0.15, 0.2) is 0 Å². The average molecular weight is 354 g/mol. The number of dihydropyridines is 1. The maximum absolute atomic E-state index is 12.0. The summed E-state index contributed by atoms with van der Waals surface area (Å²) in [4.78, 5) is 16.2. The molecule has 2 aliphatic heterocycles. The van der Waals surface area contributed by atoms with Gasteiger partial charge in [0.05, 0.1) is 0 Å². The van der Waals surface area contributed by atoms with E-state index in [1.165, 1.54) is 42.8 Å². The minimum Gasteiger partial charge on any atom is -0.384 e. The van der Waals surface area contributed by atoms with Crippen molar-refractivity contribution < 1.29 is 4.79 Å². The lowest BCUT2D eigenvalue weighted by Crippen LogP contribution is -2.40. The van der Waals surface area contributed by atoms with Crippen molar-refractivity contribution in [1.82, 2.24) is 15.1 Å². The Morgan fingerprint density at radius 3 is 2.27 bits per heavy atom. The molecule has 0 unspecified atom stereocenters. The van der Waals surface area contributed by atoms with Crippen LogP contribution in [-0.2, 0) is 0 Å². The zero-order chi connectivity index (χ0) is 18.7. The summed E-state index contributed by atoms with van der Waals surface area (Å²) in [5.41, 5.74) is 4.57.